The molecule has 0 unspecified atom stereocenters. The van der Waals surface area contributed by atoms with Gasteiger partial charge in [-0.2, -0.15) is 5.10 Å². The molecule has 2 heterocycles. The minimum atomic E-state index is -3.34. The summed E-state index contributed by atoms with van der Waals surface area (Å²) >= 11 is 21.1. The Morgan fingerprint density at radius 1 is 0.970 bits per heavy atom. The monoisotopic (exact) mass is 540 g/mol. The molecule has 0 radical (unpaired) electrons. The smallest absolute Gasteiger partial charge is 0.175 e. The molecule has 0 saturated heterocycles. The predicted octanol–water partition coefficient (Wildman–Crippen LogP) is 6.86. The van der Waals surface area contributed by atoms with Gasteiger partial charge in [0.25, 0.3) is 0 Å². The van der Waals surface area contributed by atoms with Gasteiger partial charge in [0.1, 0.15) is 22.7 Å². The highest BCUT2D eigenvalue weighted by molar-refractivity contribution is 7.90. The lowest BCUT2D eigenvalue weighted by molar-refractivity contribution is 0.0735. The van der Waals surface area contributed by atoms with Gasteiger partial charge in [0, 0.05) is 11.1 Å². The largest absolute Gasteiger partial charge is 0.384 e. The number of rotatable bonds is 5. The molecule has 0 aliphatic heterocycles. The van der Waals surface area contributed by atoms with Crippen LogP contribution in [0.3, 0.4) is 0 Å². The number of hydrogen-bond acceptors (Lipinski definition) is 5. The second-order valence-corrected chi connectivity index (χ2v) is 12.3. The first kappa shape index (κ1) is 24.3. The highest BCUT2D eigenvalue weighted by atomic mass is 35.5. The van der Waals surface area contributed by atoms with Crippen LogP contribution in [0.25, 0.3) is 26.7 Å². The number of nitrogens with zero attached hydrogens (tertiary/aromatic N) is 2. The number of halogens is 3. The van der Waals surface area contributed by atoms with Crippen LogP contribution < -0.4 is 0 Å². The maximum Gasteiger partial charge on any atom is 0.175 e. The van der Waals surface area contributed by atoms with Crippen LogP contribution in [0.5, 0.6) is 0 Å². The summed E-state index contributed by atoms with van der Waals surface area (Å²) in [6.07, 6.45) is 1.18. The second-order valence-electron chi connectivity index (χ2n) is 8.02. The zero-order chi connectivity index (χ0) is 24.1. The van der Waals surface area contributed by atoms with E-state index < -0.39 is 15.4 Å². The van der Waals surface area contributed by atoms with Gasteiger partial charge in [0.05, 0.1) is 24.8 Å². The van der Waals surface area contributed by atoms with E-state index in [-0.39, 0.29) is 15.6 Å². The number of hydrogen-bond donors (Lipinski definition) is 1. The van der Waals surface area contributed by atoms with Gasteiger partial charge in [-0.25, -0.2) is 13.1 Å². The van der Waals surface area contributed by atoms with Crippen molar-refractivity contribution in [3.63, 3.8) is 0 Å². The molecule has 0 fully saturated rings. The van der Waals surface area contributed by atoms with Crippen molar-refractivity contribution in [2.45, 2.75) is 24.3 Å². The predicted molar refractivity (Wildman–Crippen MR) is 136 cm³/mol. The maximum absolute atomic E-state index is 12.0. The molecule has 0 saturated carbocycles. The Hall–Kier alpha value is -1.87. The first-order valence-electron chi connectivity index (χ1n) is 9.74. The molecule has 0 aliphatic rings. The summed E-state index contributed by atoms with van der Waals surface area (Å²) in [4.78, 5) is 1.83. The van der Waals surface area contributed by atoms with Crippen molar-refractivity contribution in [3.05, 3.63) is 75.4 Å². The van der Waals surface area contributed by atoms with Gasteiger partial charge in [-0.15, -0.1) is 11.3 Å². The molecule has 10 heteroatoms. The lowest BCUT2D eigenvalue weighted by atomic mass is 10.1. The van der Waals surface area contributed by atoms with E-state index >= 15 is 0 Å². The molecule has 2 aromatic carbocycles. The number of aliphatic hydroxyl groups is 1. The summed E-state index contributed by atoms with van der Waals surface area (Å²) in [6, 6.07) is 15.6. The van der Waals surface area contributed by atoms with Crippen molar-refractivity contribution < 1.29 is 13.5 Å². The van der Waals surface area contributed by atoms with Crippen molar-refractivity contribution in [2.24, 2.45) is 0 Å². The van der Waals surface area contributed by atoms with E-state index in [1.54, 1.807) is 54.9 Å². The number of para-hydroxylation sites is 1. The van der Waals surface area contributed by atoms with E-state index in [1.807, 2.05) is 18.2 Å². The van der Waals surface area contributed by atoms with Crippen LogP contribution in [0.2, 0.25) is 15.1 Å². The van der Waals surface area contributed by atoms with Gasteiger partial charge in [0.2, 0.25) is 0 Å². The molecule has 33 heavy (non-hydrogen) atoms. The van der Waals surface area contributed by atoms with Crippen LogP contribution in [0.1, 0.15) is 19.5 Å². The van der Waals surface area contributed by atoms with Gasteiger partial charge in [-0.1, -0.05) is 53.0 Å². The summed E-state index contributed by atoms with van der Waals surface area (Å²) in [5.74, 6) is 0. The van der Waals surface area contributed by atoms with Crippen molar-refractivity contribution >= 4 is 56.0 Å². The zero-order valence-corrected chi connectivity index (χ0v) is 21.7. The fraction of sp³-hybridized carbons (Fsp3) is 0.174. The highest BCUT2D eigenvalue weighted by Crippen LogP contribution is 2.44. The van der Waals surface area contributed by atoms with Crippen LogP contribution in [0.4, 0.5) is 0 Å². The molecule has 0 bridgehead atoms. The van der Waals surface area contributed by atoms with Gasteiger partial charge in [-0.3, -0.25) is 0 Å². The van der Waals surface area contributed by atoms with Crippen LogP contribution in [0, 0.1) is 0 Å². The molecular formula is C23H19Cl3N2O3S2. The standard InChI is InChI=1S/C23H19Cl3N2O3S2/c1-23(2,29)22-19(26)21(28(27-22)20-15(24)8-5-9-16(20)25)18-11-10-17(32-18)13-6-4-7-14(12-13)33(3,30)31/h4-12,29H,1-3H3. The molecule has 0 atom stereocenters. The Morgan fingerprint density at radius 3 is 2.18 bits per heavy atom. The fourth-order valence-corrected chi connectivity index (χ4v) is 6.13. The molecule has 5 nitrogen and oxygen atoms in total. The molecule has 4 rings (SSSR count). The van der Waals surface area contributed by atoms with Gasteiger partial charge < -0.3 is 5.11 Å². The summed E-state index contributed by atoms with van der Waals surface area (Å²) < 4.78 is 25.5. The fourth-order valence-electron chi connectivity index (χ4n) is 3.36. The third-order valence-corrected chi connectivity index (χ3v) is 8.16. The molecule has 0 spiro atoms. The van der Waals surface area contributed by atoms with Crippen LogP contribution >= 0.6 is 46.1 Å². The maximum atomic E-state index is 12.0. The highest BCUT2D eigenvalue weighted by Gasteiger charge is 2.30. The van der Waals surface area contributed by atoms with Crippen LogP contribution in [-0.2, 0) is 15.4 Å². The third kappa shape index (κ3) is 4.71. The molecule has 2 aromatic heterocycles. The number of aromatic nitrogens is 2. The quantitative estimate of drug-likeness (QED) is 0.300. The molecule has 1 N–H and O–H groups in total. The topological polar surface area (TPSA) is 72.2 Å². The van der Waals surface area contributed by atoms with E-state index in [1.165, 1.54) is 17.6 Å². The van der Waals surface area contributed by atoms with Crippen LogP contribution in [-0.4, -0.2) is 29.6 Å². The van der Waals surface area contributed by atoms with Gasteiger partial charge in [0.15, 0.2) is 9.84 Å². The molecule has 0 amide bonds. The van der Waals surface area contributed by atoms with E-state index in [9.17, 15) is 13.5 Å². The lowest BCUT2D eigenvalue weighted by Crippen LogP contribution is -2.17. The zero-order valence-electron chi connectivity index (χ0n) is 17.8. The number of sulfone groups is 1. The van der Waals surface area contributed by atoms with Crippen molar-refractivity contribution in [1.82, 2.24) is 9.78 Å². The average molecular weight is 542 g/mol. The SMILES string of the molecule is CC(C)(O)c1nn(-c2c(Cl)cccc2Cl)c(-c2ccc(-c3cccc(S(C)(=O)=O)c3)s2)c1Cl. The summed E-state index contributed by atoms with van der Waals surface area (Å²) in [5.41, 5.74) is 0.704. The van der Waals surface area contributed by atoms with E-state index in [2.05, 4.69) is 5.10 Å². The van der Waals surface area contributed by atoms with Gasteiger partial charge in [-0.05, 0) is 55.8 Å². The Balaban J connectivity index is 1.93. The number of benzene rings is 2. The van der Waals surface area contributed by atoms with E-state index in [0.29, 0.717) is 21.4 Å². The Kier molecular flexibility index (Phi) is 6.41. The summed E-state index contributed by atoms with van der Waals surface area (Å²) in [6.45, 7) is 3.19. The summed E-state index contributed by atoms with van der Waals surface area (Å²) in [5, 5.41) is 16.3. The second kappa shape index (κ2) is 8.73. The molecule has 4 aromatic rings. The molecular weight excluding hydrogens is 523 g/mol. The van der Waals surface area contributed by atoms with E-state index in [0.717, 1.165) is 15.3 Å². The van der Waals surface area contributed by atoms with Crippen molar-refractivity contribution in [1.29, 1.82) is 0 Å². The van der Waals surface area contributed by atoms with Crippen molar-refractivity contribution in [3.8, 4) is 26.7 Å². The Labute approximate surface area is 211 Å². The van der Waals surface area contributed by atoms with Crippen LogP contribution in [0.15, 0.2) is 59.5 Å². The molecule has 172 valence electrons. The minimum absolute atomic E-state index is 0.241. The van der Waals surface area contributed by atoms with E-state index in [4.69, 9.17) is 34.8 Å². The first-order chi connectivity index (χ1) is 15.4. The summed E-state index contributed by atoms with van der Waals surface area (Å²) in [7, 11) is -3.34. The number of thiophene rings is 1. The van der Waals surface area contributed by atoms with Crippen molar-refractivity contribution in [2.75, 3.05) is 6.26 Å². The Morgan fingerprint density at radius 2 is 1.58 bits per heavy atom. The average Bonchev–Trinajstić information content (AvgIpc) is 3.32. The van der Waals surface area contributed by atoms with Gasteiger partial charge >= 0.3 is 0 Å². The first-order valence-corrected chi connectivity index (χ1v) is 13.6. The normalized spacial score (nSPS) is 12.3. The third-order valence-electron chi connectivity index (χ3n) is 4.94. The molecule has 0 aliphatic carbocycles. The Bertz CT molecular complexity index is 1450. The lowest BCUT2D eigenvalue weighted by Gasteiger charge is -2.14. The minimum Gasteiger partial charge on any atom is -0.384 e.